The zero-order chi connectivity index (χ0) is 13.5. The Hall–Kier alpha value is -0.320. The highest BCUT2D eigenvalue weighted by molar-refractivity contribution is 5.85. The molecule has 0 aromatic rings. The molecule has 2 N–H and O–H groups in total. The average Bonchev–Trinajstić information content (AvgIpc) is 2.47. The molecule has 0 aromatic heterocycles. The molecule has 2 aliphatic rings. The molecule has 0 radical (unpaired) electrons. The zero-order valence-electron chi connectivity index (χ0n) is 12.5. The van der Waals surface area contributed by atoms with Crippen molar-refractivity contribution in [3.8, 4) is 0 Å². The zero-order valence-corrected chi connectivity index (χ0v) is 13.3. The van der Waals surface area contributed by atoms with Crippen molar-refractivity contribution in [1.82, 2.24) is 10.6 Å². The van der Waals surface area contributed by atoms with Crippen molar-refractivity contribution < 1.29 is 9.53 Å². The Labute approximate surface area is 128 Å². The quantitative estimate of drug-likeness (QED) is 0.818. The Bertz CT molecular complexity index is 275. The van der Waals surface area contributed by atoms with Crippen molar-refractivity contribution in [3.63, 3.8) is 0 Å². The summed E-state index contributed by atoms with van der Waals surface area (Å²) >= 11 is 0. The molecule has 2 rings (SSSR count). The van der Waals surface area contributed by atoms with Gasteiger partial charge in [-0.15, -0.1) is 12.4 Å². The van der Waals surface area contributed by atoms with Crippen LogP contribution in [-0.4, -0.2) is 38.3 Å². The number of hydrogen-bond acceptors (Lipinski definition) is 3. The Morgan fingerprint density at radius 2 is 1.95 bits per heavy atom. The number of carbonyl (C=O) groups excluding carboxylic acids is 1. The lowest BCUT2D eigenvalue weighted by atomic mass is 9.81. The Kier molecular flexibility index (Phi) is 8.50. The lowest BCUT2D eigenvalue weighted by Crippen LogP contribution is -2.44. The van der Waals surface area contributed by atoms with Gasteiger partial charge in [0.2, 0.25) is 5.91 Å². The van der Waals surface area contributed by atoms with E-state index in [9.17, 15) is 4.79 Å². The van der Waals surface area contributed by atoms with E-state index in [1.165, 1.54) is 32.1 Å². The molecule has 118 valence electrons. The first-order chi connectivity index (χ1) is 9.28. The predicted octanol–water partition coefficient (Wildman–Crippen LogP) is 2.12. The lowest BCUT2D eigenvalue weighted by molar-refractivity contribution is -0.122. The lowest BCUT2D eigenvalue weighted by Gasteiger charge is -2.28. The summed E-state index contributed by atoms with van der Waals surface area (Å²) in [5.41, 5.74) is 0. The predicted molar refractivity (Wildman–Crippen MR) is 83.2 cm³/mol. The molecule has 20 heavy (non-hydrogen) atoms. The van der Waals surface area contributed by atoms with Gasteiger partial charge in [-0.1, -0.05) is 26.2 Å². The van der Waals surface area contributed by atoms with Crippen LogP contribution in [0.5, 0.6) is 0 Å². The third-order valence-electron chi connectivity index (χ3n) is 4.56. The highest BCUT2D eigenvalue weighted by atomic mass is 35.5. The fourth-order valence-electron chi connectivity index (χ4n) is 3.15. The van der Waals surface area contributed by atoms with Gasteiger partial charge >= 0.3 is 0 Å². The third kappa shape index (κ3) is 5.98. The van der Waals surface area contributed by atoms with E-state index < -0.39 is 0 Å². The van der Waals surface area contributed by atoms with E-state index in [0.29, 0.717) is 18.9 Å². The standard InChI is InChI=1S/C15H28N2O2.ClH/c1-2-12-3-5-13(6-4-12)10-17-15(18)9-14-11-19-8-7-16-14;/h12-14,16H,2-11H2,1H3,(H,17,18);1H. The van der Waals surface area contributed by atoms with E-state index in [4.69, 9.17) is 4.74 Å². The molecule has 0 aromatic carbocycles. The summed E-state index contributed by atoms with van der Waals surface area (Å²) in [7, 11) is 0. The molecule has 1 aliphatic heterocycles. The van der Waals surface area contributed by atoms with Gasteiger partial charge in [0.05, 0.1) is 13.2 Å². The minimum absolute atomic E-state index is 0. The second kappa shape index (κ2) is 9.59. The normalized spacial score (nSPS) is 30.4. The summed E-state index contributed by atoms with van der Waals surface area (Å²) in [6, 6.07) is 0.199. The molecule has 1 atom stereocenters. The Morgan fingerprint density at radius 3 is 2.55 bits per heavy atom. The molecule has 1 amide bonds. The maximum atomic E-state index is 11.9. The van der Waals surface area contributed by atoms with Crippen molar-refractivity contribution in [2.24, 2.45) is 11.8 Å². The van der Waals surface area contributed by atoms with Crippen LogP contribution in [-0.2, 0) is 9.53 Å². The minimum Gasteiger partial charge on any atom is -0.378 e. The fourth-order valence-corrected chi connectivity index (χ4v) is 3.15. The molecular formula is C15H29ClN2O2. The first-order valence-electron chi connectivity index (χ1n) is 7.85. The first kappa shape index (κ1) is 17.7. The second-order valence-electron chi connectivity index (χ2n) is 6.03. The maximum absolute atomic E-state index is 11.9. The molecular weight excluding hydrogens is 276 g/mol. The number of nitrogens with one attached hydrogen (secondary N) is 2. The van der Waals surface area contributed by atoms with Crippen molar-refractivity contribution in [1.29, 1.82) is 0 Å². The van der Waals surface area contributed by atoms with Crippen molar-refractivity contribution >= 4 is 18.3 Å². The van der Waals surface area contributed by atoms with Gasteiger partial charge in [0.25, 0.3) is 0 Å². The highest BCUT2D eigenvalue weighted by Crippen LogP contribution is 2.30. The molecule has 1 aliphatic carbocycles. The summed E-state index contributed by atoms with van der Waals surface area (Å²) < 4.78 is 5.36. The van der Waals surface area contributed by atoms with Crippen LogP contribution in [0.15, 0.2) is 0 Å². The minimum atomic E-state index is 0. The molecule has 1 unspecified atom stereocenters. The summed E-state index contributed by atoms with van der Waals surface area (Å²) in [6.45, 7) is 5.43. The van der Waals surface area contributed by atoms with Gasteiger partial charge in [-0.2, -0.15) is 0 Å². The van der Waals surface area contributed by atoms with Crippen LogP contribution in [0.4, 0.5) is 0 Å². The number of halogens is 1. The van der Waals surface area contributed by atoms with Gasteiger partial charge in [-0.25, -0.2) is 0 Å². The third-order valence-corrected chi connectivity index (χ3v) is 4.56. The number of rotatable bonds is 5. The molecule has 0 spiro atoms. The topological polar surface area (TPSA) is 50.4 Å². The molecule has 1 heterocycles. The van der Waals surface area contributed by atoms with Crippen LogP contribution in [0.25, 0.3) is 0 Å². The number of hydrogen-bond donors (Lipinski definition) is 2. The van der Waals surface area contributed by atoms with E-state index in [1.54, 1.807) is 0 Å². The summed E-state index contributed by atoms with van der Waals surface area (Å²) in [5.74, 6) is 1.79. The number of ether oxygens (including phenoxy) is 1. The summed E-state index contributed by atoms with van der Waals surface area (Å²) in [6.07, 6.45) is 7.11. The van der Waals surface area contributed by atoms with Gasteiger partial charge in [0.15, 0.2) is 0 Å². The van der Waals surface area contributed by atoms with Crippen molar-refractivity contribution in [2.75, 3.05) is 26.3 Å². The van der Waals surface area contributed by atoms with E-state index in [0.717, 1.165) is 25.6 Å². The van der Waals surface area contributed by atoms with Crippen molar-refractivity contribution in [3.05, 3.63) is 0 Å². The van der Waals surface area contributed by atoms with Gasteiger partial charge in [-0.05, 0) is 24.7 Å². The molecule has 2 fully saturated rings. The van der Waals surface area contributed by atoms with Crippen LogP contribution in [0.2, 0.25) is 0 Å². The molecule has 0 bridgehead atoms. The molecule has 4 nitrogen and oxygen atoms in total. The van der Waals surface area contributed by atoms with Gasteiger partial charge in [0, 0.05) is 25.6 Å². The van der Waals surface area contributed by atoms with E-state index in [-0.39, 0.29) is 24.4 Å². The Balaban J connectivity index is 0.00000200. The monoisotopic (exact) mass is 304 g/mol. The molecule has 1 saturated carbocycles. The summed E-state index contributed by atoms with van der Waals surface area (Å²) in [4.78, 5) is 11.9. The fraction of sp³-hybridized carbons (Fsp3) is 0.933. The average molecular weight is 305 g/mol. The van der Waals surface area contributed by atoms with Crippen LogP contribution >= 0.6 is 12.4 Å². The maximum Gasteiger partial charge on any atom is 0.221 e. The summed E-state index contributed by atoms with van der Waals surface area (Å²) in [5, 5.41) is 6.41. The van der Waals surface area contributed by atoms with Gasteiger partial charge in [0.1, 0.15) is 0 Å². The Morgan fingerprint density at radius 1 is 1.25 bits per heavy atom. The van der Waals surface area contributed by atoms with Gasteiger partial charge < -0.3 is 15.4 Å². The highest BCUT2D eigenvalue weighted by Gasteiger charge is 2.21. The molecule has 5 heteroatoms. The van der Waals surface area contributed by atoms with E-state index in [1.807, 2.05) is 0 Å². The number of carbonyl (C=O) groups is 1. The van der Waals surface area contributed by atoms with Crippen LogP contribution in [0.1, 0.15) is 45.4 Å². The largest absolute Gasteiger partial charge is 0.378 e. The van der Waals surface area contributed by atoms with E-state index in [2.05, 4.69) is 17.6 Å². The number of amides is 1. The smallest absolute Gasteiger partial charge is 0.221 e. The van der Waals surface area contributed by atoms with Gasteiger partial charge in [-0.3, -0.25) is 4.79 Å². The van der Waals surface area contributed by atoms with Crippen LogP contribution in [0.3, 0.4) is 0 Å². The second-order valence-corrected chi connectivity index (χ2v) is 6.03. The first-order valence-corrected chi connectivity index (χ1v) is 7.85. The van der Waals surface area contributed by atoms with Crippen molar-refractivity contribution in [2.45, 2.75) is 51.5 Å². The van der Waals surface area contributed by atoms with E-state index >= 15 is 0 Å². The molecule has 1 saturated heterocycles. The van der Waals surface area contributed by atoms with Crippen LogP contribution in [0, 0.1) is 11.8 Å². The number of morpholine rings is 1. The van der Waals surface area contributed by atoms with Crippen LogP contribution < -0.4 is 10.6 Å². The SMILES string of the molecule is CCC1CCC(CNC(=O)CC2COCCN2)CC1.Cl.